The molecule has 0 rings (SSSR count). The maximum absolute atomic E-state index is 12.5. The van der Waals surface area contributed by atoms with Gasteiger partial charge in [0.15, 0.2) is 6.10 Å². The first kappa shape index (κ1) is 47.7. The molecule has 0 saturated carbocycles. The lowest BCUT2D eigenvalue weighted by atomic mass is 10.1. The van der Waals surface area contributed by atoms with Crippen LogP contribution in [0.15, 0.2) is 60.8 Å². The van der Waals surface area contributed by atoms with Crippen molar-refractivity contribution in [2.24, 2.45) is 5.73 Å². The second kappa shape index (κ2) is 35.1. The van der Waals surface area contributed by atoms with Gasteiger partial charge in [-0.05, 0) is 57.8 Å². The Balaban J connectivity index is 4.41. The molecule has 3 atom stereocenters. The van der Waals surface area contributed by atoms with Gasteiger partial charge in [0.2, 0.25) is 0 Å². The maximum Gasteiger partial charge on any atom is 0.472 e. The van der Waals surface area contributed by atoms with Crippen molar-refractivity contribution in [1.29, 1.82) is 0 Å². The number of hydrogen-bond acceptors (Lipinski definition) is 9. The molecule has 0 bridgehead atoms. The Bertz CT molecular complexity index is 1030. The summed E-state index contributed by atoms with van der Waals surface area (Å²) in [5, 5.41) is 9.87. The van der Waals surface area contributed by atoms with Crippen molar-refractivity contribution in [2.45, 2.75) is 148 Å². The summed E-state index contributed by atoms with van der Waals surface area (Å²) in [6.07, 6.45) is 35.9. The number of carbonyl (C=O) groups is 2. The second-order valence-electron chi connectivity index (χ2n) is 12.3. The third-order valence-corrected chi connectivity index (χ3v) is 8.46. The zero-order valence-electron chi connectivity index (χ0n) is 31.0. The van der Waals surface area contributed by atoms with Crippen molar-refractivity contribution >= 4 is 19.8 Å². The highest BCUT2D eigenvalue weighted by molar-refractivity contribution is 7.47. The van der Waals surface area contributed by atoms with Crippen LogP contribution in [0.2, 0.25) is 0 Å². The van der Waals surface area contributed by atoms with Crippen LogP contribution in [0.4, 0.5) is 0 Å². The highest BCUT2D eigenvalue weighted by Gasteiger charge is 2.25. The molecule has 288 valence electrons. The minimum Gasteiger partial charge on any atom is -0.462 e. The molecule has 0 fully saturated rings. The summed E-state index contributed by atoms with van der Waals surface area (Å²) in [4.78, 5) is 34.6. The average molecular weight is 726 g/mol. The van der Waals surface area contributed by atoms with Crippen LogP contribution in [0, 0.1) is 0 Å². The zero-order chi connectivity index (χ0) is 37.0. The lowest BCUT2D eigenvalue weighted by Gasteiger charge is -2.19. The highest BCUT2D eigenvalue weighted by Crippen LogP contribution is 2.43. The molecule has 0 aliphatic rings. The first-order chi connectivity index (χ1) is 24.2. The van der Waals surface area contributed by atoms with Crippen LogP contribution in [-0.2, 0) is 32.7 Å². The molecule has 11 heteroatoms. The highest BCUT2D eigenvalue weighted by atomic mass is 31.2. The summed E-state index contributed by atoms with van der Waals surface area (Å²) in [7, 11) is -4.40. The molecular formula is C39H68NO9P. The van der Waals surface area contributed by atoms with E-state index in [0.717, 1.165) is 77.0 Å². The van der Waals surface area contributed by atoms with Crippen LogP contribution in [-0.4, -0.2) is 60.5 Å². The standard InChI is InChI=1S/C39H68NO9P/c1-3-5-7-8-9-10-12-16-19-22-26-30-38(42)46-34-37(35-48-50(44,45)47-33-32-40)49-39(43)31-27-23-20-17-14-11-13-15-18-21-25-29-36(41)28-24-6-4-2/h8-9,11,13,17-18,20-21,25,29,36-37,41H,3-7,10,12,14-16,19,22-24,26-28,30-35,40H2,1-2H3,(H,44,45)/b9-8-,13-11-,20-17-,21-18-,29-25+/t36-,37+/m0/s1. The van der Waals surface area contributed by atoms with Crippen LogP contribution in [0.25, 0.3) is 0 Å². The predicted octanol–water partition coefficient (Wildman–Crippen LogP) is 9.13. The summed E-state index contributed by atoms with van der Waals surface area (Å²) >= 11 is 0. The minimum absolute atomic E-state index is 0.0335. The molecule has 0 aliphatic carbocycles. The van der Waals surface area contributed by atoms with E-state index in [2.05, 4.69) is 38.2 Å². The Morgan fingerprint density at radius 3 is 2.06 bits per heavy atom. The molecule has 0 aromatic carbocycles. The number of phosphoric ester groups is 1. The molecule has 0 saturated heterocycles. The quantitative estimate of drug-likeness (QED) is 0.0192. The van der Waals surface area contributed by atoms with Crippen molar-refractivity contribution in [3.8, 4) is 0 Å². The molecule has 0 aliphatic heterocycles. The van der Waals surface area contributed by atoms with Gasteiger partial charge < -0.3 is 25.2 Å². The molecule has 0 aromatic heterocycles. The van der Waals surface area contributed by atoms with Gasteiger partial charge in [0.05, 0.1) is 19.3 Å². The van der Waals surface area contributed by atoms with Gasteiger partial charge in [-0.2, -0.15) is 0 Å². The Kier molecular flexibility index (Phi) is 33.5. The van der Waals surface area contributed by atoms with E-state index < -0.39 is 32.5 Å². The van der Waals surface area contributed by atoms with Crippen molar-refractivity contribution in [3.63, 3.8) is 0 Å². The molecule has 50 heavy (non-hydrogen) atoms. The van der Waals surface area contributed by atoms with Crippen molar-refractivity contribution < 1.29 is 42.7 Å². The van der Waals surface area contributed by atoms with Gasteiger partial charge in [-0.15, -0.1) is 0 Å². The van der Waals surface area contributed by atoms with Gasteiger partial charge in [-0.1, -0.05) is 126 Å². The third kappa shape index (κ3) is 34.1. The monoisotopic (exact) mass is 725 g/mol. The van der Waals surface area contributed by atoms with Gasteiger partial charge in [-0.3, -0.25) is 18.6 Å². The number of aliphatic hydroxyl groups excluding tert-OH is 1. The summed E-state index contributed by atoms with van der Waals surface area (Å²) in [5.41, 5.74) is 5.32. The van der Waals surface area contributed by atoms with Crippen molar-refractivity contribution in [2.75, 3.05) is 26.4 Å². The number of nitrogens with two attached hydrogens (primary N) is 1. The van der Waals surface area contributed by atoms with Crippen molar-refractivity contribution in [3.05, 3.63) is 60.8 Å². The van der Waals surface area contributed by atoms with E-state index in [1.54, 1.807) is 0 Å². The van der Waals surface area contributed by atoms with Crippen LogP contribution in [0.1, 0.15) is 136 Å². The number of carbonyl (C=O) groups excluding carboxylic acids is 2. The molecule has 1 unspecified atom stereocenters. The van der Waals surface area contributed by atoms with Gasteiger partial charge in [0.25, 0.3) is 0 Å². The molecule has 10 nitrogen and oxygen atoms in total. The van der Waals surface area contributed by atoms with Gasteiger partial charge in [-0.25, -0.2) is 4.57 Å². The first-order valence-electron chi connectivity index (χ1n) is 18.9. The second-order valence-corrected chi connectivity index (χ2v) is 13.7. The summed E-state index contributed by atoms with van der Waals surface area (Å²) in [5.74, 6) is -0.940. The zero-order valence-corrected chi connectivity index (χ0v) is 31.9. The van der Waals surface area contributed by atoms with E-state index in [4.69, 9.17) is 24.3 Å². The molecule has 0 spiro atoms. The number of phosphoric acid groups is 1. The van der Waals surface area contributed by atoms with E-state index >= 15 is 0 Å². The molecule has 0 radical (unpaired) electrons. The van der Waals surface area contributed by atoms with Crippen LogP contribution in [0.5, 0.6) is 0 Å². The molecular weight excluding hydrogens is 657 g/mol. The van der Waals surface area contributed by atoms with Gasteiger partial charge in [0.1, 0.15) is 6.61 Å². The topological polar surface area (TPSA) is 155 Å². The Hall–Kier alpha value is -2.33. The van der Waals surface area contributed by atoms with Crippen LogP contribution >= 0.6 is 7.82 Å². The lowest BCUT2D eigenvalue weighted by molar-refractivity contribution is -0.161. The van der Waals surface area contributed by atoms with E-state index in [-0.39, 0.29) is 38.7 Å². The fraction of sp³-hybridized carbons (Fsp3) is 0.692. The van der Waals surface area contributed by atoms with E-state index in [1.807, 2.05) is 36.5 Å². The molecule has 0 aromatic rings. The number of hydrogen-bond donors (Lipinski definition) is 3. The number of ether oxygens (including phenoxy) is 2. The largest absolute Gasteiger partial charge is 0.472 e. The first-order valence-corrected chi connectivity index (χ1v) is 20.4. The third-order valence-electron chi connectivity index (χ3n) is 7.48. The summed E-state index contributed by atoms with van der Waals surface area (Å²) < 4.78 is 32.5. The molecule has 4 N–H and O–H groups in total. The van der Waals surface area contributed by atoms with Crippen LogP contribution in [0.3, 0.4) is 0 Å². The summed E-state index contributed by atoms with van der Waals surface area (Å²) in [6, 6.07) is 0. The van der Waals surface area contributed by atoms with E-state index in [9.17, 15) is 24.2 Å². The van der Waals surface area contributed by atoms with Crippen LogP contribution < -0.4 is 5.73 Å². The predicted molar refractivity (Wildman–Crippen MR) is 202 cm³/mol. The molecule has 0 heterocycles. The van der Waals surface area contributed by atoms with Crippen molar-refractivity contribution in [1.82, 2.24) is 0 Å². The number of unbranched alkanes of at least 4 members (excludes halogenated alkanes) is 10. The maximum atomic E-state index is 12.5. The average Bonchev–Trinajstić information content (AvgIpc) is 3.09. The number of aliphatic hydroxyl groups is 1. The Morgan fingerprint density at radius 2 is 1.32 bits per heavy atom. The summed E-state index contributed by atoms with van der Waals surface area (Å²) in [6.45, 7) is 3.44. The smallest absolute Gasteiger partial charge is 0.462 e. The lowest BCUT2D eigenvalue weighted by Crippen LogP contribution is -2.29. The SMILES string of the molecule is CCCC/C=C\CCCCCCCC(=O)OC[C@H](COP(=O)(O)OCCN)OC(=O)CCC/C=C\C/C=C\C/C=C\C=C\[C@@H](O)CCCCC. The number of rotatable bonds is 34. The van der Waals surface area contributed by atoms with E-state index in [1.165, 1.54) is 12.8 Å². The minimum atomic E-state index is -4.40. The van der Waals surface area contributed by atoms with Gasteiger partial charge in [0, 0.05) is 19.4 Å². The fourth-order valence-electron chi connectivity index (χ4n) is 4.60. The Labute approximate surface area is 302 Å². The fourth-order valence-corrected chi connectivity index (χ4v) is 5.36. The van der Waals surface area contributed by atoms with E-state index in [0.29, 0.717) is 19.3 Å². The number of esters is 2. The molecule has 0 amide bonds. The normalized spacial score (nSPS) is 14.7. The van der Waals surface area contributed by atoms with Gasteiger partial charge >= 0.3 is 19.8 Å². The number of allylic oxidation sites excluding steroid dienone is 9. The Morgan fingerprint density at radius 1 is 0.700 bits per heavy atom.